The van der Waals surface area contributed by atoms with Crippen LogP contribution in [0.1, 0.15) is 15.9 Å². The van der Waals surface area contributed by atoms with Crippen molar-refractivity contribution in [3.05, 3.63) is 104 Å². The molecule has 5 heteroatoms. The lowest BCUT2D eigenvalue weighted by atomic mass is 10.1. The molecule has 26 heavy (non-hydrogen) atoms. The minimum atomic E-state index is -0.370. The molecule has 3 aromatic rings. The summed E-state index contributed by atoms with van der Waals surface area (Å²) in [6.45, 7) is 0. The lowest BCUT2D eigenvalue weighted by molar-refractivity contribution is 0.104. The average Bonchev–Trinajstić information content (AvgIpc) is 2.65. The molecule has 3 aromatic carbocycles. The molecule has 0 amide bonds. The first kappa shape index (κ1) is 18.9. The van der Waals surface area contributed by atoms with E-state index in [0.717, 1.165) is 9.37 Å². The van der Waals surface area contributed by atoms with Crippen molar-refractivity contribution < 1.29 is 9.18 Å². The van der Waals surface area contributed by atoms with Gasteiger partial charge >= 0.3 is 0 Å². The molecule has 0 aromatic heterocycles. The average molecular weight is 448 g/mol. The Morgan fingerprint density at radius 3 is 2.27 bits per heavy atom. The maximum Gasteiger partial charge on any atom is 0.199 e. The third-order valence-corrected chi connectivity index (χ3v) is 5.38. The number of rotatable bonds is 5. The minimum absolute atomic E-state index is 0.183. The third-order valence-electron chi connectivity index (χ3n) is 3.56. The first-order valence-corrected chi connectivity index (χ1v) is 9.71. The van der Waals surface area contributed by atoms with Crippen molar-refractivity contribution in [2.75, 3.05) is 0 Å². The molecule has 0 aliphatic heterocycles. The van der Waals surface area contributed by atoms with Gasteiger partial charge < -0.3 is 0 Å². The SMILES string of the molecule is O=C(C(=Cc1ccccc1F)Sc1ccc(Br)cc1)c1ccc(Cl)cc1. The first-order chi connectivity index (χ1) is 12.5. The first-order valence-electron chi connectivity index (χ1n) is 7.73. The van der Waals surface area contributed by atoms with E-state index in [1.54, 1.807) is 48.5 Å². The van der Waals surface area contributed by atoms with Crippen molar-refractivity contribution in [1.82, 2.24) is 0 Å². The van der Waals surface area contributed by atoms with E-state index in [-0.39, 0.29) is 11.6 Å². The molecule has 0 saturated heterocycles. The summed E-state index contributed by atoms with van der Waals surface area (Å²) in [6.07, 6.45) is 1.58. The molecule has 130 valence electrons. The number of thioether (sulfide) groups is 1. The summed E-state index contributed by atoms with van der Waals surface area (Å²) in [5, 5.41) is 0.557. The van der Waals surface area contributed by atoms with Crippen LogP contribution in [0.25, 0.3) is 6.08 Å². The standard InChI is InChI=1S/C21H13BrClFOS/c22-16-7-11-18(12-8-16)26-20(13-15-3-1-2-4-19(15)24)21(25)14-5-9-17(23)10-6-14/h1-13H. The summed E-state index contributed by atoms with van der Waals surface area (Å²) in [6, 6.07) is 20.7. The lowest BCUT2D eigenvalue weighted by Crippen LogP contribution is -2.01. The van der Waals surface area contributed by atoms with Gasteiger partial charge in [-0.05, 0) is 60.7 Å². The molecule has 0 aliphatic rings. The quantitative estimate of drug-likeness (QED) is 0.233. The van der Waals surface area contributed by atoms with E-state index in [0.29, 0.717) is 21.1 Å². The molecule has 0 radical (unpaired) electrons. The van der Waals surface area contributed by atoms with Crippen molar-refractivity contribution >= 4 is 51.2 Å². The number of carbonyl (C=O) groups excluding carboxylic acids is 1. The molecule has 0 atom stereocenters. The van der Waals surface area contributed by atoms with Crippen molar-refractivity contribution in [1.29, 1.82) is 0 Å². The fourth-order valence-electron chi connectivity index (χ4n) is 2.25. The van der Waals surface area contributed by atoms with Gasteiger partial charge in [-0.2, -0.15) is 0 Å². The van der Waals surface area contributed by atoms with E-state index in [9.17, 15) is 9.18 Å². The number of ketones is 1. The summed E-state index contributed by atoms with van der Waals surface area (Å²) >= 11 is 10.6. The van der Waals surface area contributed by atoms with Gasteiger partial charge in [0.15, 0.2) is 5.78 Å². The fraction of sp³-hybridized carbons (Fsp3) is 0. The summed E-state index contributed by atoms with van der Waals surface area (Å²) in [5.74, 6) is -0.553. The van der Waals surface area contributed by atoms with Crippen LogP contribution in [0.3, 0.4) is 0 Å². The van der Waals surface area contributed by atoms with Gasteiger partial charge in [0, 0.05) is 25.5 Å². The highest BCUT2D eigenvalue weighted by Gasteiger charge is 2.15. The highest BCUT2D eigenvalue weighted by atomic mass is 79.9. The number of carbonyl (C=O) groups is 1. The molecule has 0 aliphatic carbocycles. The Balaban J connectivity index is 2.00. The Labute approximate surface area is 169 Å². The Bertz CT molecular complexity index is 953. The number of Topliss-reactive ketones (excluding diaryl/α,β-unsaturated/α-hetero) is 1. The second-order valence-corrected chi connectivity index (χ2v) is 7.89. The maximum absolute atomic E-state index is 14.1. The molecule has 0 N–H and O–H groups in total. The van der Waals surface area contributed by atoms with E-state index in [1.807, 2.05) is 24.3 Å². The zero-order valence-electron chi connectivity index (χ0n) is 13.5. The van der Waals surface area contributed by atoms with Gasteiger partial charge in [0.1, 0.15) is 5.82 Å². The predicted molar refractivity (Wildman–Crippen MR) is 110 cm³/mol. The molecular weight excluding hydrogens is 435 g/mol. The normalized spacial score (nSPS) is 11.4. The summed E-state index contributed by atoms with van der Waals surface area (Å²) in [7, 11) is 0. The van der Waals surface area contributed by atoms with Crippen LogP contribution in [0.2, 0.25) is 5.02 Å². The van der Waals surface area contributed by atoms with Crippen LogP contribution in [-0.4, -0.2) is 5.78 Å². The van der Waals surface area contributed by atoms with Crippen LogP contribution >= 0.6 is 39.3 Å². The summed E-state index contributed by atoms with van der Waals surface area (Å²) in [5.41, 5.74) is 0.871. The summed E-state index contributed by atoms with van der Waals surface area (Å²) < 4.78 is 15.0. The topological polar surface area (TPSA) is 17.1 Å². The van der Waals surface area contributed by atoms with Gasteiger partial charge in [-0.15, -0.1) is 0 Å². The van der Waals surface area contributed by atoms with Gasteiger partial charge in [0.25, 0.3) is 0 Å². The van der Waals surface area contributed by atoms with Crippen LogP contribution in [0.5, 0.6) is 0 Å². The van der Waals surface area contributed by atoms with E-state index in [1.165, 1.54) is 17.8 Å². The Hall–Kier alpha value is -1.88. The van der Waals surface area contributed by atoms with E-state index >= 15 is 0 Å². The molecule has 0 heterocycles. The van der Waals surface area contributed by atoms with E-state index < -0.39 is 0 Å². The predicted octanol–water partition coefficient (Wildman–Crippen LogP) is 7.26. The lowest BCUT2D eigenvalue weighted by Gasteiger charge is -2.08. The second kappa shape index (κ2) is 8.67. The van der Waals surface area contributed by atoms with Crippen LogP contribution in [0, 0.1) is 5.82 Å². The van der Waals surface area contributed by atoms with Crippen molar-refractivity contribution in [3.63, 3.8) is 0 Å². The number of benzene rings is 3. The van der Waals surface area contributed by atoms with E-state index in [2.05, 4.69) is 15.9 Å². The third kappa shape index (κ3) is 4.85. The monoisotopic (exact) mass is 446 g/mol. The van der Waals surface area contributed by atoms with Gasteiger partial charge in [-0.3, -0.25) is 4.79 Å². The minimum Gasteiger partial charge on any atom is -0.288 e. The van der Waals surface area contributed by atoms with Crippen molar-refractivity contribution in [2.24, 2.45) is 0 Å². The molecule has 3 rings (SSSR count). The van der Waals surface area contributed by atoms with Gasteiger partial charge in [0.05, 0.1) is 4.91 Å². The van der Waals surface area contributed by atoms with Crippen LogP contribution in [-0.2, 0) is 0 Å². The second-order valence-electron chi connectivity index (χ2n) is 5.42. The van der Waals surface area contributed by atoms with Gasteiger partial charge in [-0.25, -0.2) is 4.39 Å². The fourth-order valence-corrected chi connectivity index (χ4v) is 3.56. The van der Waals surface area contributed by atoms with E-state index in [4.69, 9.17) is 11.6 Å². The van der Waals surface area contributed by atoms with Crippen LogP contribution < -0.4 is 0 Å². The molecule has 0 bridgehead atoms. The highest BCUT2D eigenvalue weighted by molar-refractivity contribution is 9.10. The van der Waals surface area contributed by atoms with Gasteiger partial charge in [-0.1, -0.05) is 57.5 Å². The zero-order chi connectivity index (χ0) is 18.5. The van der Waals surface area contributed by atoms with Crippen LogP contribution in [0.4, 0.5) is 4.39 Å². The Morgan fingerprint density at radius 1 is 0.962 bits per heavy atom. The number of hydrogen-bond acceptors (Lipinski definition) is 2. The summed E-state index contributed by atoms with van der Waals surface area (Å²) in [4.78, 5) is 14.3. The molecular formula is C21H13BrClFOS. The van der Waals surface area contributed by atoms with Crippen LogP contribution in [0.15, 0.2) is 87.1 Å². The number of hydrogen-bond donors (Lipinski definition) is 0. The van der Waals surface area contributed by atoms with Gasteiger partial charge in [0.2, 0.25) is 0 Å². The highest BCUT2D eigenvalue weighted by Crippen LogP contribution is 2.32. The Morgan fingerprint density at radius 2 is 1.62 bits per heavy atom. The largest absolute Gasteiger partial charge is 0.288 e. The molecule has 1 nitrogen and oxygen atoms in total. The molecule has 0 saturated carbocycles. The maximum atomic E-state index is 14.1. The molecule has 0 spiro atoms. The number of allylic oxidation sites excluding steroid dienone is 1. The molecule has 0 fully saturated rings. The van der Waals surface area contributed by atoms with Crippen molar-refractivity contribution in [3.8, 4) is 0 Å². The number of halogens is 3. The zero-order valence-corrected chi connectivity index (χ0v) is 16.6. The van der Waals surface area contributed by atoms with Crippen molar-refractivity contribution in [2.45, 2.75) is 4.90 Å². The Kier molecular flexibility index (Phi) is 6.30. The molecule has 0 unspecified atom stereocenters. The smallest absolute Gasteiger partial charge is 0.199 e.